The van der Waals surface area contributed by atoms with Crippen molar-refractivity contribution in [3.63, 3.8) is 0 Å². The van der Waals surface area contributed by atoms with Crippen LogP contribution in [0, 0.1) is 12.8 Å². The van der Waals surface area contributed by atoms with Gasteiger partial charge in [0.25, 0.3) is 0 Å². The molecular formula is C12H18N2O2S. The maximum Gasteiger partial charge on any atom is 0.336 e. The summed E-state index contributed by atoms with van der Waals surface area (Å²) in [4.78, 5) is 13.0. The zero-order valence-corrected chi connectivity index (χ0v) is 10.7. The Bertz CT molecular complexity index is 417. The smallest absolute Gasteiger partial charge is 0.336 e. The summed E-state index contributed by atoms with van der Waals surface area (Å²) >= 11 is 1.58. The number of thiophene rings is 1. The molecule has 2 rings (SSSR count). The fourth-order valence-corrected chi connectivity index (χ4v) is 3.42. The molecule has 4 N–H and O–H groups in total. The van der Waals surface area contributed by atoms with Gasteiger partial charge in [0, 0.05) is 15.8 Å². The first-order valence-electron chi connectivity index (χ1n) is 5.89. The highest BCUT2D eigenvalue weighted by atomic mass is 32.1. The van der Waals surface area contributed by atoms with Crippen LogP contribution in [0.1, 0.15) is 39.0 Å². The summed E-state index contributed by atoms with van der Waals surface area (Å²) in [6.07, 6.45) is 2.12. The van der Waals surface area contributed by atoms with E-state index in [-0.39, 0.29) is 6.04 Å². The van der Waals surface area contributed by atoms with Crippen molar-refractivity contribution in [2.45, 2.75) is 25.8 Å². The molecule has 5 heteroatoms. The van der Waals surface area contributed by atoms with Gasteiger partial charge in [0.2, 0.25) is 0 Å². The van der Waals surface area contributed by atoms with Gasteiger partial charge in [0.05, 0.1) is 5.56 Å². The Kier molecular flexibility index (Phi) is 3.81. The molecule has 2 atom stereocenters. The van der Waals surface area contributed by atoms with Crippen LogP contribution in [0.5, 0.6) is 0 Å². The van der Waals surface area contributed by atoms with Gasteiger partial charge in [-0.1, -0.05) is 0 Å². The van der Waals surface area contributed by atoms with Gasteiger partial charge < -0.3 is 16.2 Å². The highest BCUT2D eigenvalue weighted by Crippen LogP contribution is 2.33. The predicted octanol–water partition coefficient (Wildman–Crippen LogP) is 1.75. The first kappa shape index (κ1) is 12.5. The molecule has 0 radical (unpaired) electrons. The van der Waals surface area contributed by atoms with E-state index < -0.39 is 5.97 Å². The molecule has 1 fully saturated rings. The maximum absolute atomic E-state index is 11.0. The number of nitrogens with one attached hydrogen (secondary N) is 1. The van der Waals surface area contributed by atoms with Crippen LogP contribution in [0.3, 0.4) is 0 Å². The third kappa shape index (κ3) is 2.68. The normalized spacial score (nSPS) is 24.8. The van der Waals surface area contributed by atoms with Crippen molar-refractivity contribution >= 4 is 17.3 Å². The Labute approximate surface area is 105 Å². The monoisotopic (exact) mass is 254 g/mol. The molecule has 1 aromatic rings. The van der Waals surface area contributed by atoms with Crippen molar-refractivity contribution in [2.24, 2.45) is 11.7 Å². The van der Waals surface area contributed by atoms with Gasteiger partial charge in [-0.15, -0.1) is 11.3 Å². The molecular weight excluding hydrogens is 236 g/mol. The molecule has 0 spiro atoms. The molecule has 4 nitrogen and oxygen atoms in total. The van der Waals surface area contributed by atoms with E-state index in [2.05, 4.69) is 5.32 Å². The van der Waals surface area contributed by atoms with Crippen molar-refractivity contribution < 1.29 is 9.90 Å². The Morgan fingerprint density at radius 2 is 2.47 bits per heavy atom. The Balaban J connectivity index is 2.16. The SMILES string of the molecule is Cc1sc(C2CC(CN)CCN2)cc1C(=O)O. The van der Waals surface area contributed by atoms with Gasteiger partial charge in [0.15, 0.2) is 0 Å². The molecule has 0 saturated carbocycles. The fourth-order valence-electron chi connectivity index (χ4n) is 2.32. The molecule has 2 heterocycles. The molecule has 2 unspecified atom stereocenters. The van der Waals surface area contributed by atoms with Gasteiger partial charge >= 0.3 is 5.97 Å². The van der Waals surface area contributed by atoms with Gasteiger partial charge in [0.1, 0.15) is 0 Å². The number of carbonyl (C=O) groups is 1. The number of aryl methyl sites for hydroxylation is 1. The lowest BCUT2D eigenvalue weighted by molar-refractivity contribution is 0.0696. The molecule has 94 valence electrons. The molecule has 0 amide bonds. The standard InChI is InChI=1S/C12H18N2O2S/c1-7-9(12(15)16)5-11(17-7)10-4-8(6-13)2-3-14-10/h5,8,10,14H,2-4,6,13H2,1H3,(H,15,16). The van der Waals surface area contributed by atoms with Crippen LogP contribution >= 0.6 is 11.3 Å². The second-order valence-electron chi connectivity index (χ2n) is 4.56. The number of carboxylic acids is 1. The molecule has 1 aliphatic rings. The van der Waals surface area contributed by atoms with Crippen LogP contribution in [0.25, 0.3) is 0 Å². The molecule has 0 bridgehead atoms. The topological polar surface area (TPSA) is 75.3 Å². The van der Waals surface area contributed by atoms with Crippen molar-refractivity contribution in [3.8, 4) is 0 Å². The summed E-state index contributed by atoms with van der Waals surface area (Å²) in [5, 5.41) is 12.5. The number of nitrogens with two attached hydrogens (primary N) is 1. The summed E-state index contributed by atoms with van der Waals surface area (Å²) in [6.45, 7) is 3.54. The van der Waals surface area contributed by atoms with E-state index in [1.807, 2.05) is 6.92 Å². The van der Waals surface area contributed by atoms with Crippen LogP contribution in [0.2, 0.25) is 0 Å². The van der Waals surface area contributed by atoms with Crippen LogP contribution in [-0.2, 0) is 0 Å². The van der Waals surface area contributed by atoms with Crippen LogP contribution in [-0.4, -0.2) is 24.2 Å². The van der Waals surface area contributed by atoms with Gasteiger partial charge in [-0.2, -0.15) is 0 Å². The number of hydrogen-bond donors (Lipinski definition) is 3. The fraction of sp³-hybridized carbons (Fsp3) is 0.583. The Morgan fingerprint density at radius 1 is 1.71 bits per heavy atom. The molecule has 1 aromatic heterocycles. The number of piperidine rings is 1. The van der Waals surface area contributed by atoms with E-state index in [0.717, 1.165) is 29.1 Å². The largest absolute Gasteiger partial charge is 0.478 e. The van der Waals surface area contributed by atoms with Crippen molar-refractivity contribution in [1.82, 2.24) is 5.32 Å². The lowest BCUT2D eigenvalue weighted by Gasteiger charge is -2.28. The highest BCUT2D eigenvalue weighted by Gasteiger charge is 2.24. The van der Waals surface area contributed by atoms with E-state index in [4.69, 9.17) is 10.8 Å². The second kappa shape index (κ2) is 5.16. The minimum atomic E-state index is -0.837. The number of carboxylic acid groups (broad SMARTS) is 1. The van der Waals surface area contributed by atoms with E-state index in [9.17, 15) is 4.79 Å². The molecule has 0 aliphatic carbocycles. The van der Waals surface area contributed by atoms with Gasteiger partial charge in [-0.25, -0.2) is 4.79 Å². The average molecular weight is 254 g/mol. The summed E-state index contributed by atoms with van der Waals surface area (Å²) < 4.78 is 0. The number of rotatable bonds is 3. The molecule has 1 saturated heterocycles. The average Bonchev–Trinajstić information content (AvgIpc) is 2.71. The summed E-state index contributed by atoms with van der Waals surface area (Å²) in [5.41, 5.74) is 6.14. The van der Waals surface area contributed by atoms with Crippen LogP contribution < -0.4 is 11.1 Å². The van der Waals surface area contributed by atoms with Crippen LogP contribution in [0.15, 0.2) is 6.07 Å². The minimum absolute atomic E-state index is 0.272. The van der Waals surface area contributed by atoms with E-state index in [1.54, 1.807) is 17.4 Å². The lowest BCUT2D eigenvalue weighted by Crippen LogP contribution is -2.34. The number of hydrogen-bond acceptors (Lipinski definition) is 4. The first-order valence-corrected chi connectivity index (χ1v) is 6.70. The molecule has 1 aliphatic heterocycles. The third-order valence-electron chi connectivity index (χ3n) is 3.36. The summed E-state index contributed by atoms with van der Waals surface area (Å²) in [5.74, 6) is -0.284. The van der Waals surface area contributed by atoms with Crippen molar-refractivity contribution in [1.29, 1.82) is 0 Å². The quantitative estimate of drug-likeness (QED) is 0.768. The van der Waals surface area contributed by atoms with E-state index in [1.165, 1.54) is 0 Å². The van der Waals surface area contributed by atoms with Gasteiger partial charge in [-0.05, 0) is 44.8 Å². The Morgan fingerprint density at radius 3 is 3.06 bits per heavy atom. The minimum Gasteiger partial charge on any atom is -0.478 e. The van der Waals surface area contributed by atoms with Crippen molar-refractivity contribution in [3.05, 3.63) is 21.4 Å². The molecule has 0 aromatic carbocycles. The number of aromatic carboxylic acids is 1. The second-order valence-corrected chi connectivity index (χ2v) is 5.84. The lowest BCUT2D eigenvalue weighted by atomic mass is 9.92. The maximum atomic E-state index is 11.0. The van der Waals surface area contributed by atoms with Crippen molar-refractivity contribution in [2.75, 3.05) is 13.1 Å². The van der Waals surface area contributed by atoms with Gasteiger partial charge in [-0.3, -0.25) is 0 Å². The highest BCUT2D eigenvalue weighted by molar-refractivity contribution is 7.12. The summed E-state index contributed by atoms with van der Waals surface area (Å²) in [7, 11) is 0. The molecule has 17 heavy (non-hydrogen) atoms. The predicted molar refractivity (Wildman–Crippen MR) is 68.5 cm³/mol. The van der Waals surface area contributed by atoms with E-state index in [0.29, 0.717) is 18.0 Å². The zero-order valence-electron chi connectivity index (χ0n) is 9.90. The summed E-state index contributed by atoms with van der Waals surface area (Å²) in [6, 6.07) is 2.08. The first-order chi connectivity index (χ1) is 8.11. The van der Waals surface area contributed by atoms with E-state index >= 15 is 0 Å². The van der Waals surface area contributed by atoms with Crippen LogP contribution in [0.4, 0.5) is 0 Å². The Hall–Kier alpha value is -0.910. The third-order valence-corrected chi connectivity index (χ3v) is 4.52. The zero-order chi connectivity index (χ0) is 12.4.